The first-order valence-electron chi connectivity index (χ1n) is 7.68. The van der Waals surface area contributed by atoms with Crippen LogP contribution in [0.15, 0.2) is 0 Å². The Morgan fingerprint density at radius 3 is 2.06 bits per heavy atom. The fourth-order valence-electron chi connectivity index (χ4n) is 2.08. The molecule has 0 heteroatoms. The van der Waals surface area contributed by atoms with Gasteiger partial charge in [-0.1, -0.05) is 59.8 Å². The van der Waals surface area contributed by atoms with Crippen molar-refractivity contribution in [3.63, 3.8) is 0 Å². The minimum Gasteiger partial charge on any atom is -0.103 e. The van der Waals surface area contributed by atoms with Crippen molar-refractivity contribution in [2.75, 3.05) is 0 Å². The Morgan fingerprint density at radius 2 is 1.47 bits per heavy atom. The number of hydrogen-bond acceptors (Lipinski definition) is 0. The second kappa shape index (κ2) is 12.0. The summed E-state index contributed by atoms with van der Waals surface area (Å²) >= 11 is 0. The molecule has 0 aromatic heterocycles. The first-order valence-corrected chi connectivity index (χ1v) is 7.68. The highest BCUT2D eigenvalue weighted by molar-refractivity contribution is 5.00. The predicted octanol–water partition coefficient (Wildman–Crippen LogP) is 5.81. The molecule has 0 saturated carbocycles. The summed E-state index contributed by atoms with van der Waals surface area (Å²) in [5.74, 6) is 8.36. The van der Waals surface area contributed by atoms with E-state index in [1.807, 2.05) is 0 Å². The Balaban J connectivity index is 3.75. The number of rotatable bonds is 9. The van der Waals surface area contributed by atoms with Crippen LogP contribution in [0.2, 0.25) is 0 Å². The van der Waals surface area contributed by atoms with E-state index < -0.39 is 0 Å². The van der Waals surface area contributed by atoms with E-state index in [2.05, 4.69) is 39.5 Å². The Morgan fingerprint density at radius 1 is 0.824 bits per heavy atom. The Bertz CT molecular complexity index is 204. The molecule has 0 amide bonds. The molecule has 1 unspecified atom stereocenters. The minimum absolute atomic E-state index is 0.789. The van der Waals surface area contributed by atoms with E-state index in [1.54, 1.807) is 0 Å². The molecule has 0 aliphatic heterocycles. The van der Waals surface area contributed by atoms with E-state index in [9.17, 15) is 0 Å². The predicted molar refractivity (Wildman–Crippen MR) is 79.0 cm³/mol. The maximum atomic E-state index is 3.40. The van der Waals surface area contributed by atoms with Gasteiger partial charge in [0.2, 0.25) is 0 Å². The second-order valence-corrected chi connectivity index (χ2v) is 5.51. The van der Waals surface area contributed by atoms with Crippen molar-refractivity contribution in [1.82, 2.24) is 0 Å². The molecule has 0 N–H and O–H groups in total. The third kappa shape index (κ3) is 10.4. The molecule has 1 atom stereocenters. The van der Waals surface area contributed by atoms with Gasteiger partial charge in [0, 0.05) is 12.8 Å². The number of unbranched alkanes of at least 4 members (excludes halogenated alkanes) is 5. The smallest absolute Gasteiger partial charge is 0.0119 e. The maximum Gasteiger partial charge on any atom is 0.0119 e. The van der Waals surface area contributed by atoms with Crippen LogP contribution in [0.25, 0.3) is 0 Å². The van der Waals surface area contributed by atoms with E-state index in [0.717, 1.165) is 24.7 Å². The lowest BCUT2D eigenvalue weighted by Crippen LogP contribution is -2.07. The normalized spacial score (nSPS) is 12.3. The van der Waals surface area contributed by atoms with Gasteiger partial charge in [-0.15, -0.1) is 11.8 Å². The van der Waals surface area contributed by atoms with Gasteiger partial charge in [0.1, 0.15) is 0 Å². The summed E-state index contributed by atoms with van der Waals surface area (Å²) in [6, 6.07) is 0. The topological polar surface area (TPSA) is 0 Å². The van der Waals surface area contributed by atoms with Crippen LogP contribution in [-0.2, 0) is 0 Å². The SMILES string of the molecule is CCCCCC#CCC(CCCCC)C(C)C. The molecule has 0 aromatic rings. The van der Waals surface area contributed by atoms with Crippen LogP contribution >= 0.6 is 0 Å². The summed E-state index contributed by atoms with van der Waals surface area (Å²) in [7, 11) is 0. The molecule has 0 spiro atoms. The van der Waals surface area contributed by atoms with E-state index in [4.69, 9.17) is 0 Å². The summed E-state index contributed by atoms with van der Waals surface area (Å²) in [6.07, 6.45) is 11.6. The zero-order chi connectivity index (χ0) is 12.9. The van der Waals surface area contributed by atoms with Gasteiger partial charge in [-0.2, -0.15) is 0 Å². The molecule has 0 saturated heterocycles. The van der Waals surface area contributed by atoms with Crippen LogP contribution < -0.4 is 0 Å². The first-order chi connectivity index (χ1) is 8.22. The summed E-state index contributed by atoms with van der Waals surface area (Å²) < 4.78 is 0. The van der Waals surface area contributed by atoms with Crippen molar-refractivity contribution in [3.05, 3.63) is 0 Å². The summed E-state index contributed by atoms with van der Waals surface area (Å²) in [6.45, 7) is 9.21. The fourth-order valence-corrected chi connectivity index (χ4v) is 2.08. The first kappa shape index (κ1) is 16.6. The molecule has 0 rings (SSSR count). The zero-order valence-corrected chi connectivity index (χ0v) is 12.5. The van der Waals surface area contributed by atoms with Crippen LogP contribution in [0.5, 0.6) is 0 Å². The van der Waals surface area contributed by atoms with Gasteiger partial charge in [0.05, 0.1) is 0 Å². The average Bonchev–Trinajstić information content (AvgIpc) is 2.31. The number of hydrogen-bond donors (Lipinski definition) is 0. The summed E-state index contributed by atoms with van der Waals surface area (Å²) in [4.78, 5) is 0. The molecule has 100 valence electrons. The maximum absolute atomic E-state index is 3.40. The second-order valence-electron chi connectivity index (χ2n) is 5.51. The van der Waals surface area contributed by atoms with Crippen molar-refractivity contribution >= 4 is 0 Å². The van der Waals surface area contributed by atoms with E-state index in [-0.39, 0.29) is 0 Å². The van der Waals surface area contributed by atoms with Crippen LogP contribution in [0.3, 0.4) is 0 Å². The largest absolute Gasteiger partial charge is 0.103 e. The molecule has 0 aliphatic rings. The molecule has 0 aliphatic carbocycles. The van der Waals surface area contributed by atoms with Gasteiger partial charge >= 0.3 is 0 Å². The van der Waals surface area contributed by atoms with Crippen LogP contribution in [0.1, 0.15) is 85.5 Å². The molecule has 0 aromatic carbocycles. The summed E-state index contributed by atoms with van der Waals surface area (Å²) in [5, 5.41) is 0. The molecule has 0 radical (unpaired) electrons. The highest BCUT2D eigenvalue weighted by atomic mass is 14.2. The molecule has 17 heavy (non-hydrogen) atoms. The van der Waals surface area contributed by atoms with E-state index in [0.29, 0.717) is 0 Å². The highest BCUT2D eigenvalue weighted by Crippen LogP contribution is 2.21. The van der Waals surface area contributed by atoms with E-state index in [1.165, 1.54) is 44.9 Å². The minimum atomic E-state index is 0.789. The Labute approximate surface area is 110 Å². The molecule has 0 nitrogen and oxygen atoms in total. The van der Waals surface area contributed by atoms with Crippen LogP contribution in [0.4, 0.5) is 0 Å². The van der Waals surface area contributed by atoms with Gasteiger partial charge in [-0.3, -0.25) is 0 Å². The lowest BCUT2D eigenvalue weighted by molar-refractivity contribution is 0.354. The van der Waals surface area contributed by atoms with E-state index >= 15 is 0 Å². The zero-order valence-electron chi connectivity index (χ0n) is 12.5. The molecule has 0 bridgehead atoms. The third-order valence-corrected chi connectivity index (χ3v) is 3.52. The van der Waals surface area contributed by atoms with Crippen molar-refractivity contribution in [1.29, 1.82) is 0 Å². The molecular formula is C17H32. The van der Waals surface area contributed by atoms with Gasteiger partial charge in [-0.05, 0) is 24.7 Å². The lowest BCUT2D eigenvalue weighted by Gasteiger charge is -2.17. The lowest BCUT2D eigenvalue weighted by atomic mass is 9.88. The monoisotopic (exact) mass is 236 g/mol. The van der Waals surface area contributed by atoms with Crippen molar-refractivity contribution < 1.29 is 0 Å². The van der Waals surface area contributed by atoms with Crippen molar-refractivity contribution in [2.45, 2.75) is 85.5 Å². The van der Waals surface area contributed by atoms with Crippen molar-refractivity contribution in [2.24, 2.45) is 11.8 Å². The van der Waals surface area contributed by atoms with Crippen LogP contribution in [0, 0.1) is 23.7 Å². The summed E-state index contributed by atoms with van der Waals surface area (Å²) in [5.41, 5.74) is 0. The highest BCUT2D eigenvalue weighted by Gasteiger charge is 2.11. The van der Waals surface area contributed by atoms with Gasteiger partial charge in [-0.25, -0.2) is 0 Å². The van der Waals surface area contributed by atoms with Crippen molar-refractivity contribution in [3.8, 4) is 11.8 Å². The average molecular weight is 236 g/mol. The Kier molecular flexibility index (Phi) is 11.7. The fraction of sp³-hybridized carbons (Fsp3) is 0.882. The molecule has 0 fully saturated rings. The molecule has 0 heterocycles. The van der Waals surface area contributed by atoms with Gasteiger partial charge < -0.3 is 0 Å². The standard InChI is InChI=1S/C17H32/c1-5-7-9-10-11-13-15-17(16(3)4)14-12-8-6-2/h16-17H,5-10,12,14-15H2,1-4H3. The Hall–Kier alpha value is -0.440. The third-order valence-electron chi connectivity index (χ3n) is 3.52. The molecular weight excluding hydrogens is 204 g/mol. The quantitative estimate of drug-likeness (QED) is 0.350. The van der Waals surface area contributed by atoms with Gasteiger partial charge in [0.25, 0.3) is 0 Å². The van der Waals surface area contributed by atoms with Crippen LogP contribution in [-0.4, -0.2) is 0 Å². The van der Waals surface area contributed by atoms with Gasteiger partial charge in [0.15, 0.2) is 0 Å².